The van der Waals surface area contributed by atoms with Crippen LogP contribution in [0.5, 0.6) is 5.75 Å². The van der Waals surface area contributed by atoms with E-state index in [9.17, 15) is 9.90 Å². The minimum atomic E-state index is -0.173. The molecular formula is C13H13N3O2. The van der Waals surface area contributed by atoms with Crippen LogP contribution in [-0.4, -0.2) is 15.3 Å². The van der Waals surface area contributed by atoms with E-state index in [0.29, 0.717) is 24.4 Å². The lowest BCUT2D eigenvalue weighted by molar-refractivity contribution is 0.469. The molecule has 0 aliphatic carbocycles. The van der Waals surface area contributed by atoms with Crippen molar-refractivity contribution in [1.29, 1.82) is 0 Å². The second-order valence-corrected chi connectivity index (χ2v) is 4.48. The predicted molar refractivity (Wildman–Crippen MR) is 67.6 cm³/mol. The molecule has 1 aliphatic heterocycles. The first-order valence-electron chi connectivity index (χ1n) is 5.76. The Labute approximate surface area is 104 Å². The fourth-order valence-electron chi connectivity index (χ4n) is 2.34. The van der Waals surface area contributed by atoms with Crippen LogP contribution in [0.4, 0.5) is 5.69 Å². The smallest absolute Gasteiger partial charge is 0.269 e. The molecule has 2 aromatic rings. The van der Waals surface area contributed by atoms with Gasteiger partial charge in [0, 0.05) is 24.2 Å². The summed E-state index contributed by atoms with van der Waals surface area (Å²) in [7, 11) is 0. The Kier molecular flexibility index (Phi) is 2.33. The largest absolute Gasteiger partial charge is 0.508 e. The Morgan fingerprint density at radius 3 is 3.00 bits per heavy atom. The van der Waals surface area contributed by atoms with Gasteiger partial charge >= 0.3 is 0 Å². The van der Waals surface area contributed by atoms with Gasteiger partial charge in [-0.1, -0.05) is 12.1 Å². The van der Waals surface area contributed by atoms with Gasteiger partial charge in [0.1, 0.15) is 5.75 Å². The average molecular weight is 243 g/mol. The number of hydrogen-bond donors (Lipinski definition) is 2. The van der Waals surface area contributed by atoms with Gasteiger partial charge in [-0.3, -0.25) is 4.79 Å². The third kappa shape index (κ3) is 1.55. The van der Waals surface area contributed by atoms with E-state index in [1.54, 1.807) is 19.2 Å². The number of rotatable bonds is 1. The van der Waals surface area contributed by atoms with Crippen molar-refractivity contribution in [2.75, 3.05) is 4.90 Å². The van der Waals surface area contributed by atoms with Gasteiger partial charge in [-0.2, -0.15) is 5.10 Å². The highest BCUT2D eigenvalue weighted by molar-refractivity contribution is 5.56. The molecule has 0 atom stereocenters. The third-order valence-corrected chi connectivity index (χ3v) is 3.38. The number of aromatic hydroxyl groups is 1. The molecule has 0 fully saturated rings. The van der Waals surface area contributed by atoms with Gasteiger partial charge in [0.2, 0.25) is 0 Å². The second-order valence-electron chi connectivity index (χ2n) is 4.48. The van der Waals surface area contributed by atoms with Gasteiger partial charge in [0.15, 0.2) is 0 Å². The quantitative estimate of drug-likeness (QED) is 0.792. The monoisotopic (exact) mass is 243 g/mol. The summed E-state index contributed by atoms with van der Waals surface area (Å²) in [6, 6.07) is 5.51. The fourth-order valence-corrected chi connectivity index (χ4v) is 2.34. The van der Waals surface area contributed by atoms with E-state index in [2.05, 4.69) is 10.2 Å². The predicted octanol–water partition coefficient (Wildman–Crippen LogP) is 1.30. The minimum absolute atomic E-state index is 0.173. The summed E-state index contributed by atoms with van der Waals surface area (Å²) in [5.41, 5.74) is 3.31. The Hall–Kier alpha value is -2.30. The summed E-state index contributed by atoms with van der Waals surface area (Å²) in [5, 5.41) is 16.1. The van der Waals surface area contributed by atoms with Crippen LogP contribution in [0.25, 0.3) is 0 Å². The molecular weight excluding hydrogens is 230 g/mol. The number of nitrogens with zero attached hydrogens (tertiary/aromatic N) is 2. The molecule has 1 aromatic heterocycles. The first-order chi connectivity index (χ1) is 8.66. The van der Waals surface area contributed by atoms with Crippen molar-refractivity contribution in [2.24, 2.45) is 0 Å². The van der Waals surface area contributed by atoms with Crippen LogP contribution in [0.15, 0.2) is 29.2 Å². The van der Waals surface area contributed by atoms with Crippen molar-refractivity contribution in [3.8, 4) is 5.75 Å². The maximum absolute atomic E-state index is 11.5. The number of phenols is 1. The SMILES string of the molecule is Cc1c(N2Cc3cccc(O)c3C2)cn[nH]c1=O. The van der Waals surface area contributed by atoms with Crippen LogP contribution in [0.3, 0.4) is 0 Å². The minimum Gasteiger partial charge on any atom is -0.508 e. The zero-order valence-electron chi connectivity index (χ0n) is 9.97. The molecule has 0 saturated heterocycles. The molecule has 0 spiro atoms. The van der Waals surface area contributed by atoms with E-state index in [4.69, 9.17) is 0 Å². The molecule has 5 heteroatoms. The number of phenolic OH excluding ortho intramolecular Hbond substituents is 1. The van der Waals surface area contributed by atoms with Crippen LogP contribution in [0.1, 0.15) is 16.7 Å². The van der Waals surface area contributed by atoms with E-state index < -0.39 is 0 Å². The van der Waals surface area contributed by atoms with E-state index in [1.807, 2.05) is 17.0 Å². The maximum atomic E-state index is 11.5. The summed E-state index contributed by atoms with van der Waals surface area (Å²) < 4.78 is 0. The van der Waals surface area contributed by atoms with Crippen LogP contribution in [-0.2, 0) is 13.1 Å². The summed E-state index contributed by atoms with van der Waals surface area (Å²) in [4.78, 5) is 13.6. The van der Waals surface area contributed by atoms with Crippen molar-refractivity contribution < 1.29 is 5.11 Å². The number of hydrogen-bond acceptors (Lipinski definition) is 4. The molecule has 0 radical (unpaired) electrons. The van der Waals surface area contributed by atoms with Gasteiger partial charge in [-0.05, 0) is 18.6 Å². The summed E-state index contributed by atoms with van der Waals surface area (Å²) >= 11 is 0. The van der Waals surface area contributed by atoms with Crippen molar-refractivity contribution >= 4 is 5.69 Å². The van der Waals surface area contributed by atoms with Crippen molar-refractivity contribution in [1.82, 2.24) is 10.2 Å². The lowest BCUT2D eigenvalue weighted by Gasteiger charge is -2.18. The van der Waals surface area contributed by atoms with E-state index >= 15 is 0 Å². The van der Waals surface area contributed by atoms with Gasteiger partial charge < -0.3 is 10.0 Å². The van der Waals surface area contributed by atoms with Gasteiger partial charge in [-0.25, -0.2) is 5.10 Å². The van der Waals surface area contributed by atoms with Gasteiger partial charge in [-0.15, -0.1) is 0 Å². The standard InChI is InChI=1S/C13H13N3O2/c1-8-11(5-14-15-13(8)18)16-6-9-3-2-4-12(17)10(9)7-16/h2-5,17H,6-7H2,1H3,(H,15,18). The van der Waals surface area contributed by atoms with Crippen LogP contribution >= 0.6 is 0 Å². The number of anilines is 1. The second kappa shape index (κ2) is 3.87. The molecule has 1 aliphatic rings. The lowest BCUT2D eigenvalue weighted by atomic mass is 10.1. The molecule has 92 valence electrons. The lowest BCUT2D eigenvalue weighted by Crippen LogP contribution is -2.21. The van der Waals surface area contributed by atoms with E-state index in [1.165, 1.54) is 0 Å². The highest BCUT2D eigenvalue weighted by Gasteiger charge is 2.23. The van der Waals surface area contributed by atoms with Gasteiger partial charge in [0.05, 0.1) is 11.9 Å². The van der Waals surface area contributed by atoms with E-state index in [0.717, 1.165) is 16.8 Å². The Balaban J connectivity index is 2.02. The van der Waals surface area contributed by atoms with Gasteiger partial charge in [0.25, 0.3) is 5.56 Å². The molecule has 2 heterocycles. The topological polar surface area (TPSA) is 69.2 Å². The molecule has 0 saturated carbocycles. The zero-order chi connectivity index (χ0) is 12.7. The van der Waals surface area contributed by atoms with Crippen molar-refractivity contribution in [3.05, 3.63) is 51.4 Å². The Bertz CT molecular complexity index is 664. The molecule has 3 rings (SSSR count). The number of benzene rings is 1. The molecule has 0 unspecified atom stereocenters. The molecule has 5 nitrogen and oxygen atoms in total. The molecule has 2 N–H and O–H groups in total. The Morgan fingerprint density at radius 1 is 1.39 bits per heavy atom. The molecule has 1 aromatic carbocycles. The number of fused-ring (bicyclic) bond motifs is 1. The van der Waals surface area contributed by atoms with Crippen LogP contribution < -0.4 is 10.5 Å². The van der Waals surface area contributed by atoms with Crippen molar-refractivity contribution in [2.45, 2.75) is 20.0 Å². The van der Waals surface area contributed by atoms with Crippen LogP contribution in [0.2, 0.25) is 0 Å². The fraction of sp³-hybridized carbons (Fsp3) is 0.231. The summed E-state index contributed by atoms with van der Waals surface area (Å²) in [5.74, 6) is 0.311. The highest BCUT2D eigenvalue weighted by Crippen LogP contribution is 2.33. The summed E-state index contributed by atoms with van der Waals surface area (Å²) in [6.07, 6.45) is 1.65. The zero-order valence-corrected chi connectivity index (χ0v) is 9.97. The van der Waals surface area contributed by atoms with Crippen molar-refractivity contribution in [3.63, 3.8) is 0 Å². The Morgan fingerprint density at radius 2 is 2.22 bits per heavy atom. The normalized spacial score (nSPS) is 13.7. The average Bonchev–Trinajstić information content (AvgIpc) is 2.78. The summed E-state index contributed by atoms with van der Waals surface area (Å²) in [6.45, 7) is 3.07. The first kappa shape index (κ1) is 10.8. The highest BCUT2D eigenvalue weighted by atomic mass is 16.3. The molecule has 0 bridgehead atoms. The molecule has 0 amide bonds. The molecule has 18 heavy (non-hydrogen) atoms. The number of nitrogens with one attached hydrogen (secondary N) is 1. The maximum Gasteiger partial charge on any atom is 0.269 e. The number of aromatic amines is 1. The van der Waals surface area contributed by atoms with Crippen LogP contribution in [0, 0.1) is 6.92 Å². The van der Waals surface area contributed by atoms with E-state index in [-0.39, 0.29) is 5.56 Å². The third-order valence-electron chi connectivity index (χ3n) is 3.38. The first-order valence-corrected chi connectivity index (χ1v) is 5.76. The number of H-pyrrole nitrogens is 1. The number of aromatic nitrogens is 2.